The van der Waals surface area contributed by atoms with E-state index in [1.54, 1.807) is 25.0 Å². The molecule has 3 rings (SSSR count). The molecule has 1 aromatic heterocycles. The molecule has 0 spiro atoms. The summed E-state index contributed by atoms with van der Waals surface area (Å²) >= 11 is 1.17. The van der Waals surface area contributed by atoms with E-state index in [1.807, 2.05) is 18.2 Å². The molecular formula is C16H18N4O4S. The maximum atomic E-state index is 12.3. The molecule has 0 bridgehead atoms. The third-order valence-electron chi connectivity index (χ3n) is 3.70. The van der Waals surface area contributed by atoms with Gasteiger partial charge in [0.2, 0.25) is 17.7 Å². The second-order valence-electron chi connectivity index (χ2n) is 5.52. The Morgan fingerprint density at radius 3 is 2.96 bits per heavy atom. The largest absolute Gasteiger partial charge is 0.495 e. The molecule has 0 aliphatic carbocycles. The average molecular weight is 362 g/mol. The maximum Gasteiger partial charge on any atom is 0.277 e. The lowest BCUT2D eigenvalue weighted by molar-refractivity contribution is -0.119. The van der Waals surface area contributed by atoms with Gasteiger partial charge in [-0.2, -0.15) is 0 Å². The Labute approximate surface area is 148 Å². The highest BCUT2D eigenvalue weighted by Crippen LogP contribution is 2.31. The molecule has 2 aromatic rings. The molecule has 0 saturated carbocycles. The molecule has 9 heteroatoms. The van der Waals surface area contributed by atoms with Gasteiger partial charge in [0.1, 0.15) is 5.75 Å². The Balaban J connectivity index is 1.56. The Hall–Kier alpha value is -2.55. The third-order valence-corrected chi connectivity index (χ3v) is 4.52. The number of methoxy groups -OCH3 is 1. The summed E-state index contributed by atoms with van der Waals surface area (Å²) in [5, 5.41) is 10.8. The molecule has 132 valence electrons. The lowest BCUT2D eigenvalue weighted by atomic mass is 10.2. The second-order valence-corrected chi connectivity index (χ2v) is 6.45. The van der Waals surface area contributed by atoms with Crippen LogP contribution in [0, 0.1) is 6.92 Å². The monoisotopic (exact) mass is 362 g/mol. The topological polar surface area (TPSA) is 97.6 Å². The number of hydrogen-bond acceptors (Lipinski definition) is 7. The lowest BCUT2D eigenvalue weighted by Crippen LogP contribution is -2.38. The molecule has 1 fully saturated rings. The van der Waals surface area contributed by atoms with Gasteiger partial charge in [0.05, 0.1) is 24.6 Å². The quantitative estimate of drug-likeness (QED) is 0.776. The number of benzene rings is 1. The van der Waals surface area contributed by atoms with E-state index in [0.29, 0.717) is 29.1 Å². The molecule has 8 nitrogen and oxygen atoms in total. The van der Waals surface area contributed by atoms with E-state index >= 15 is 0 Å². The molecule has 2 amide bonds. The van der Waals surface area contributed by atoms with Crippen molar-refractivity contribution in [3.63, 3.8) is 0 Å². The first-order chi connectivity index (χ1) is 12.1. The van der Waals surface area contributed by atoms with Gasteiger partial charge in [0.15, 0.2) is 0 Å². The molecule has 2 heterocycles. The number of aryl methyl sites for hydroxylation is 1. The van der Waals surface area contributed by atoms with Gasteiger partial charge >= 0.3 is 0 Å². The molecule has 1 aliphatic rings. The van der Waals surface area contributed by atoms with E-state index in [4.69, 9.17) is 9.15 Å². The standard InChI is InChI=1S/C16H18N4O4S/c1-10-18-19-16(24-10)25-9-14(21)17-11-7-15(22)20(8-11)12-5-3-4-6-13(12)23-2/h3-6,11H,7-9H2,1-2H3,(H,17,21)/t11-/m0/s1. The first-order valence-electron chi connectivity index (χ1n) is 7.72. The number of carbonyl (C=O) groups is 2. The van der Waals surface area contributed by atoms with E-state index in [9.17, 15) is 9.59 Å². The second kappa shape index (κ2) is 7.56. The number of amides is 2. The Kier molecular flexibility index (Phi) is 5.22. The van der Waals surface area contributed by atoms with Crippen LogP contribution in [0.4, 0.5) is 5.69 Å². The first kappa shape index (κ1) is 17.3. The Morgan fingerprint density at radius 1 is 1.44 bits per heavy atom. The number of rotatable bonds is 6. The van der Waals surface area contributed by atoms with Gasteiger partial charge in [0, 0.05) is 19.9 Å². The van der Waals surface area contributed by atoms with Crippen LogP contribution in [0.5, 0.6) is 5.75 Å². The fourth-order valence-corrected chi connectivity index (χ4v) is 3.24. The number of para-hydroxylation sites is 2. The molecule has 1 atom stereocenters. The van der Waals surface area contributed by atoms with Crippen LogP contribution in [-0.4, -0.2) is 47.5 Å². The first-order valence-corrected chi connectivity index (χ1v) is 8.71. The number of nitrogens with one attached hydrogen (secondary N) is 1. The van der Waals surface area contributed by atoms with E-state index in [2.05, 4.69) is 15.5 Å². The molecule has 0 unspecified atom stereocenters. The van der Waals surface area contributed by atoms with Crippen molar-refractivity contribution >= 4 is 29.3 Å². The van der Waals surface area contributed by atoms with Crippen molar-refractivity contribution < 1.29 is 18.7 Å². The molecule has 0 radical (unpaired) electrons. The summed E-state index contributed by atoms with van der Waals surface area (Å²) in [7, 11) is 1.56. The summed E-state index contributed by atoms with van der Waals surface area (Å²) in [5.41, 5.74) is 0.711. The Morgan fingerprint density at radius 2 is 2.24 bits per heavy atom. The minimum absolute atomic E-state index is 0.0463. The van der Waals surface area contributed by atoms with Crippen molar-refractivity contribution in [1.29, 1.82) is 0 Å². The van der Waals surface area contributed by atoms with Gasteiger partial charge in [-0.3, -0.25) is 9.59 Å². The Bertz CT molecular complexity index is 779. The lowest BCUT2D eigenvalue weighted by Gasteiger charge is -2.19. The van der Waals surface area contributed by atoms with Crippen molar-refractivity contribution in [2.45, 2.75) is 24.6 Å². The van der Waals surface area contributed by atoms with Crippen LogP contribution >= 0.6 is 11.8 Å². The van der Waals surface area contributed by atoms with Crippen LogP contribution in [0.1, 0.15) is 12.3 Å². The van der Waals surface area contributed by atoms with Crippen molar-refractivity contribution in [2.24, 2.45) is 0 Å². The van der Waals surface area contributed by atoms with Crippen LogP contribution in [0.2, 0.25) is 0 Å². The fraction of sp³-hybridized carbons (Fsp3) is 0.375. The molecule has 25 heavy (non-hydrogen) atoms. The van der Waals surface area contributed by atoms with Gasteiger partial charge in [-0.05, 0) is 12.1 Å². The summed E-state index contributed by atoms with van der Waals surface area (Å²) in [6, 6.07) is 7.08. The number of nitrogens with zero attached hydrogens (tertiary/aromatic N) is 3. The fourth-order valence-electron chi connectivity index (χ4n) is 2.62. The normalized spacial score (nSPS) is 17.0. The SMILES string of the molecule is COc1ccccc1N1C[C@@H](NC(=O)CSc2nnc(C)o2)CC1=O. The summed E-state index contributed by atoms with van der Waals surface area (Å²) in [6.07, 6.45) is 0.258. The van der Waals surface area contributed by atoms with Gasteiger partial charge in [-0.1, -0.05) is 23.9 Å². The highest BCUT2D eigenvalue weighted by atomic mass is 32.2. The number of ether oxygens (including phenoxy) is 1. The number of anilines is 1. The number of aromatic nitrogens is 2. The third kappa shape index (κ3) is 4.11. The van der Waals surface area contributed by atoms with Gasteiger partial charge in [-0.15, -0.1) is 10.2 Å². The van der Waals surface area contributed by atoms with E-state index in [0.717, 1.165) is 0 Å². The summed E-state index contributed by atoms with van der Waals surface area (Å²) in [4.78, 5) is 26.0. The molecule has 1 aliphatic heterocycles. The molecule has 1 N–H and O–H groups in total. The predicted molar refractivity (Wildman–Crippen MR) is 91.7 cm³/mol. The zero-order valence-electron chi connectivity index (χ0n) is 13.9. The highest BCUT2D eigenvalue weighted by molar-refractivity contribution is 7.99. The predicted octanol–water partition coefficient (Wildman–Crippen LogP) is 1.40. The number of hydrogen-bond donors (Lipinski definition) is 1. The zero-order valence-corrected chi connectivity index (χ0v) is 14.7. The smallest absolute Gasteiger partial charge is 0.277 e. The summed E-state index contributed by atoms with van der Waals surface area (Å²) in [6.45, 7) is 2.10. The van der Waals surface area contributed by atoms with Crippen molar-refractivity contribution in [1.82, 2.24) is 15.5 Å². The minimum Gasteiger partial charge on any atom is -0.495 e. The van der Waals surface area contributed by atoms with E-state index < -0.39 is 0 Å². The number of thioether (sulfide) groups is 1. The van der Waals surface area contributed by atoms with Crippen molar-refractivity contribution in [2.75, 3.05) is 24.3 Å². The number of carbonyl (C=O) groups excluding carboxylic acids is 2. The van der Waals surface area contributed by atoms with Crippen LogP contribution in [0.3, 0.4) is 0 Å². The zero-order chi connectivity index (χ0) is 17.8. The average Bonchev–Trinajstić information content (AvgIpc) is 3.18. The van der Waals surface area contributed by atoms with Crippen LogP contribution in [-0.2, 0) is 9.59 Å². The molecule has 1 aromatic carbocycles. The van der Waals surface area contributed by atoms with Crippen molar-refractivity contribution in [3.8, 4) is 5.75 Å². The van der Waals surface area contributed by atoms with Crippen LogP contribution < -0.4 is 15.0 Å². The van der Waals surface area contributed by atoms with E-state index in [-0.39, 0.29) is 30.0 Å². The van der Waals surface area contributed by atoms with Gasteiger partial charge in [-0.25, -0.2) is 0 Å². The minimum atomic E-state index is -0.241. The van der Waals surface area contributed by atoms with Gasteiger partial charge in [0.25, 0.3) is 5.22 Å². The highest BCUT2D eigenvalue weighted by Gasteiger charge is 2.32. The molecular weight excluding hydrogens is 344 g/mol. The summed E-state index contributed by atoms with van der Waals surface area (Å²) < 4.78 is 10.5. The molecule has 1 saturated heterocycles. The van der Waals surface area contributed by atoms with Crippen LogP contribution in [0.25, 0.3) is 0 Å². The van der Waals surface area contributed by atoms with Crippen molar-refractivity contribution in [3.05, 3.63) is 30.2 Å². The summed E-state index contributed by atoms with van der Waals surface area (Å²) in [5.74, 6) is 1.01. The maximum absolute atomic E-state index is 12.3. The van der Waals surface area contributed by atoms with Gasteiger partial charge < -0.3 is 19.4 Å². The van der Waals surface area contributed by atoms with E-state index in [1.165, 1.54) is 11.8 Å². The van der Waals surface area contributed by atoms with Crippen LogP contribution in [0.15, 0.2) is 33.9 Å².